The van der Waals surface area contributed by atoms with Crippen LogP contribution in [0, 0.1) is 18.3 Å². The Morgan fingerprint density at radius 1 is 1.78 bits per heavy atom. The minimum atomic E-state index is -1.38. The fourth-order valence-electron chi connectivity index (χ4n) is 0.974. The minimum Gasteiger partial charge on any atom is -0.296 e. The van der Waals surface area contributed by atoms with Crippen LogP contribution in [0.2, 0.25) is 0 Å². The molecule has 1 saturated carbocycles. The zero-order chi connectivity index (χ0) is 6.85. The van der Waals surface area contributed by atoms with Crippen molar-refractivity contribution in [2.45, 2.75) is 19.0 Å². The van der Waals surface area contributed by atoms with E-state index in [2.05, 4.69) is 5.92 Å². The van der Waals surface area contributed by atoms with Crippen LogP contribution in [0.25, 0.3) is 0 Å². The summed E-state index contributed by atoms with van der Waals surface area (Å²) in [4.78, 5) is 10.5. The van der Waals surface area contributed by atoms with E-state index >= 15 is 0 Å². The average Bonchev–Trinajstić information content (AvgIpc) is 2.15. The van der Waals surface area contributed by atoms with Gasteiger partial charge in [0.05, 0.1) is 5.92 Å². The maximum Gasteiger partial charge on any atom is 0.172 e. The van der Waals surface area contributed by atoms with Crippen LogP contribution in [-0.2, 0) is 4.79 Å². The lowest BCUT2D eigenvalue weighted by Crippen LogP contribution is -2.13. The van der Waals surface area contributed by atoms with Crippen molar-refractivity contribution in [3.8, 4) is 12.3 Å². The first-order chi connectivity index (χ1) is 4.25. The number of carbonyl (C=O) groups excluding carboxylic acids is 1. The average molecular weight is 126 g/mol. The van der Waals surface area contributed by atoms with E-state index in [4.69, 9.17) is 6.42 Å². The molecule has 0 spiro atoms. The summed E-state index contributed by atoms with van der Waals surface area (Å²) < 4.78 is 12.5. The molecule has 1 fully saturated rings. The number of carbonyl (C=O) groups is 1. The highest BCUT2D eigenvalue weighted by Gasteiger charge is 2.32. The van der Waals surface area contributed by atoms with Gasteiger partial charge in [-0.2, -0.15) is 0 Å². The molecule has 0 heterocycles. The SMILES string of the molecule is C#CC1CCC(=O)C1F. The Balaban J connectivity index is 2.64. The minimum absolute atomic E-state index is 0.316. The molecular formula is C7H7FO. The van der Waals surface area contributed by atoms with Crippen molar-refractivity contribution in [2.75, 3.05) is 0 Å². The van der Waals surface area contributed by atoms with E-state index in [0.717, 1.165) is 0 Å². The van der Waals surface area contributed by atoms with Gasteiger partial charge in [0.25, 0.3) is 0 Å². The Hall–Kier alpha value is -0.840. The van der Waals surface area contributed by atoms with E-state index in [1.807, 2.05) is 0 Å². The number of Topliss-reactive ketones (excluding diaryl/α,β-unsaturated/α-hetero) is 1. The largest absolute Gasteiger partial charge is 0.296 e. The lowest BCUT2D eigenvalue weighted by atomic mass is 10.1. The molecule has 0 aromatic heterocycles. The quantitative estimate of drug-likeness (QED) is 0.441. The van der Waals surface area contributed by atoms with Gasteiger partial charge in [-0.15, -0.1) is 6.42 Å². The van der Waals surface area contributed by atoms with Crippen LogP contribution >= 0.6 is 0 Å². The molecular weight excluding hydrogens is 119 g/mol. The molecule has 48 valence electrons. The summed E-state index contributed by atoms with van der Waals surface area (Å²) in [5.41, 5.74) is 0. The molecule has 0 radical (unpaired) electrons. The number of ketones is 1. The Kier molecular flexibility index (Phi) is 1.52. The van der Waals surface area contributed by atoms with E-state index in [9.17, 15) is 9.18 Å². The molecule has 0 N–H and O–H groups in total. The van der Waals surface area contributed by atoms with Crippen LogP contribution in [0.4, 0.5) is 4.39 Å². The zero-order valence-corrected chi connectivity index (χ0v) is 4.93. The maximum atomic E-state index is 12.5. The van der Waals surface area contributed by atoms with Gasteiger partial charge >= 0.3 is 0 Å². The van der Waals surface area contributed by atoms with Crippen LogP contribution in [0.15, 0.2) is 0 Å². The second-order valence-corrected chi connectivity index (χ2v) is 2.18. The van der Waals surface area contributed by atoms with Crippen LogP contribution < -0.4 is 0 Å². The molecule has 2 atom stereocenters. The second kappa shape index (κ2) is 2.18. The lowest BCUT2D eigenvalue weighted by molar-refractivity contribution is -0.121. The summed E-state index contributed by atoms with van der Waals surface area (Å²) in [6, 6.07) is 0. The van der Waals surface area contributed by atoms with Gasteiger partial charge in [-0.25, -0.2) is 4.39 Å². The molecule has 0 aromatic rings. The molecule has 1 nitrogen and oxygen atoms in total. The number of hydrogen-bond donors (Lipinski definition) is 0. The third kappa shape index (κ3) is 0.951. The third-order valence-corrected chi connectivity index (χ3v) is 1.58. The number of hydrogen-bond acceptors (Lipinski definition) is 1. The van der Waals surface area contributed by atoms with E-state index in [0.29, 0.717) is 12.8 Å². The number of terminal acetylenes is 1. The monoisotopic (exact) mass is 126 g/mol. The van der Waals surface area contributed by atoms with Crippen molar-refractivity contribution in [3.05, 3.63) is 0 Å². The van der Waals surface area contributed by atoms with Gasteiger partial charge in [0.1, 0.15) is 0 Å². The smallest absolute Gasteiger partial charge is 0.172 e. The summed E-state index contributed by atoms with van der Waals surface area (Å²) in [5.74, 6) is 1.47. The molecule has 0 bridgehead atoms. The molecule has 1 rings (SSSR count). The van der Waals surface area contributed by atoms with Gasteiger partial charge in [0.15, 0.2) is 12.0 Å². The maximum absolute atomic E-state index is 12.5. The predicted octanol–water partition coefficient (Wildman–Crippen LogP) is 0.937. The summed E-state index contributed by atoms with van der Waals surface area (Å²) in [7, 11) is 0. The molecule has 1 aliphatic carbocycles. The molecule has 1 aliphatic rings. The number of halogens is 1. The third-order valence-electron chi connectivity index (χ3n) is 1.58. The van der Waals surface area contributed by atoms with Crippen LogP contribution in [-0.4, -0.2) is 12.0 Å². The molecule has 0 saturated heterocycles. The molecule has 2 heteroatoms. The Morgan fingerprint density at radius 3 is 2.67 bits per heavy atom. The van der Waals surface area contributed by atoms with Crippen LogP contribution in [0.5, 0.6) is 0 Å². The lowest BCUT2D eigenvalue weighted by Gasteiger charge is -1.99. The highest BCUT2D eigenvalue weighted by atomic mass is 19.1. The second-order valence-electron chi connectivity index (χ2n) is 2.18. The van der Waals surface area contributed by atoms with E-state index in [-0.39, 0.29) is 5.78 Å². The summed E-state index contributed by atoms with van der Waals surface area (Å²) in [6.07, 6.45) is 4.40. The molecule has 9 heavy (non-hydrogen) atoms. The highest BCUT2D eigenvalue weighted by Crippen LogP contribution is 2.24. The van der Waals surface area contributed by atoms with Gasteiger partial charge < -0.3 is 0 Å². The van der Waals surface area contributed by atoms with E-state index in [1.165, 1.54) is 0 Å². The van der Waals surface area contributed by atoms with Crippen molar-refractivity contribution in [2.24, 2.45) is 5.92 Å². The molecule has 0 aromatic carbocycles. The number of rotatable bonds is 0. The first kappa shape index (κ1) is 6.28. The van der Waals surface area contributed by atoms with Crippen LogP contribution in [0.1, 0.15) is 12.8 Å². The fourth-order valence-corrected chi connectivity index (χ4v) is 0.974. The van der Waals surface area contributed by atoms with Crippen molar-refractivity contribution >= 4 is 5.78 Å². The van der Waals surface area contributed by atoms with E-state index < -0.39 is 12.1 Å². The molecule has 0 amide bonds. The van der Waals surface area contributed by atoms with Crippen molar-refractivity contribution in [3.63, 3.8) is 0 Å². The Bertz CT molecular complexity index is 168. The summed E-state index contributed by atoms with van der Waals surface area (Å²) >= 11 is 0. The standard InChI is InChI=1S/C7H7FO/c1-2-5-3-4-6(9)7(5)8/h1,5,7H,3-4H2. The topological polar surface area (TPSA) is 17.1 Å². The van der Waals surface area contributed by atoms with Gasteiger partial charge in [-0.05, 0) is 6.42 Å². The normalized spacial score (nSPS) is 34.4. The van der Waals surface area contributed by atoms with Gasteiger partial charge in [0, 0.05) is 6.42 Å². The molecule has 2 unspecified atom stereocenters. The summed E-state index contributed by atoms with van der Waals surface area (Å²) in [6.45, 7) is 0. The van der Waals surface area contributed by atoms with Gasteiger partial charge in [-0.1, -0.05) is 5.92 Å². The highest BCUT2D eigenvalue weighted by molar-refractivity contribution is 5.85. The van der Waals surface area contributed by atoms with Gasteiger partial charge in [0.2, 0.25) is 0 Å². The first-order valence-corrected chi connectivity index (χ1v) is 2.88. The molecule has 0 aliphatic heterocycles. The van der Waals surface area contributed by atoms with Crippen molar-refractivity contribution in [1.29, 1.82) is 0 Å². The van der Waals surface area contributed by atoms with Crippen molar-refractivity contribution < 1.29 is 9.18 Å². The predicted molar refractivity (Wildman–Crippen MR) is 31.5 cm³/mol. The summed E-state index contributed by atoms with van der Waals surface area (Å²) in [5, 5.41) is 0. The zero-order valence-electron chi connectivity index (χ0n) is 4.93. The first-order valence-electron chi connectivity index (χ1n) is 2.88. The van der Waals surface area contributed by atoms with Crippen molar-refractivity contribution in [1.82, 2.24) is 0 Å². The van der Waals surface area contributed by atoms with E-state index in [1.54, 1.807) is 0 Å². The fraction of sp³-hybridized carbons (Fsp3) is 0.571. The number of alkyl halides is 1. The van der Waals surface area contributed by atoms with Crippen LogP contribution in [0.3, 0.4) is 0 Å². The van der Waals surface area contributed by atoms with Gasteiger partial charge in [-0.3, -0.25) is 4.79 Å². The Morgan fingerprint density at radius 2 is 2.44 bits per heavy atom. The Labute approximate surface area is 53.2 Å².